The summed E-state index contributed by atoms with van der Waals surface area (Å²) in [6.07, 6.45) is 1.15. The van der Waals surface area contributed by atoms with Gasteiger partial charge in [-0.3, -0.25) is 4.99 Å². The number of nitrogens with zero attached hydrogens (tertiary/aromatic N) is 3. The number of aryl methyl sites for hydroxylation is 2. The van der Waals surface area contributed by atoms with Gasteiger partial charge in [0.25, 0.3) is 0 Å². The van der Waals surface area contributed by atoms with E-state index in [9.17, 15) is 0 Å². The number of hydrogen-bond donors (Lipinski definition) is 2. The molecule has 136 valence electrons. The molecule has 0 aliphatic heterocycles. The Morgan fingerprint density at radius 3 is 2.68 bits per heavy atom. The fourth-order valence-corrected chi connectivity index (χ4v) is 2.19. The fraction of sp³-hybridized carbons (Fsp3) is 0.500. The fourth-order valence-electron chi connectivity index (χ4n) is 2.19. The highest BCUT2D eigenvalue weighted by molar-refractivity contribution is 5.79. The maximum Gasteiger partial charge on any atom is 0.246 e. The van der Waals surface area contributed by atoms with E-state index in [-0.39, 0.29) is 6.10 Å². The minimum Gasteiger partial charge on any atom is -0.490 e. The van der Waals surface area contributed by atoms with Gasteiger partial charge in [-0.15, -0.1) is 0 Å². The van der Waals surface area contributed by atoms with Gasteiger partial charge in [-0.05, 0) is 38.8 Å². The normalized spacial score (nSPS) is 12.8. The van der Waals surface area contributed by atoms with Crippen molar-refractivity contribution in [3.05, 3.63) is 41.0 Å². The quantitative estimate of drug-likeness (QED) is 0.593. The molecule has 0 amide bonds. The van der Waals surface area contributed by atoms with E-state index < -0.39 is 0 Å². The molecule has 1 aromatic heterocycles. The third kappa shape index (κ3) is 5.77. The predicted molar refractivity (Wildman–Crippen MR) is 97.6 cm³/mol. The van der Waals surface area contributed by atoms with Gasteiger partial charge in [0.05, 0.1) is 12.6 Å². The van der Waals surface area contributed by atoms with Gasteiger partial charge in [0.2, 0.25) is 5.89 Å². The average Bonchev–Trinajstić information content (AvgIpc) is 3.01. The molecule has 0 bridgehead atoms. The Hall–Kier alpha value is -2.57. The minimum absolute atomic E-state index is 0.179. The predicted octanol–water partition coefficient (Wildman–Crippen LogP) is 2.73. The summed E-state index contributed by atoms with van der Waals surface area (Å²) in [5.41, 5.74) is 2.26. The summed E-state index contributed by atoms with van der Waals surface area (Å²) in [7, 11) is 1.72. The molecule has 0 spiro atoms. The number of aliphatic imine (C=N–C) groups is 1. The Morgan fingerprint density at radius 2 is 2.04 bits per heavy atom. The van der Waals surface area contributed by atoms with E-state index in [1.54, 1.807) is 14.0 Å². The molecule has 0 saturated carbocycles. The molecule has 0 saturated heterocycles. The molecule has 0 radical (unpaired) electrons. The van der Waals surface area contributed by atoms with Crippen molar-refractivity contribution in [2.45, 2.75) is 53.3 Å². The van der Waals surface area contributed by atoms with E-state index in [1.165, 1.54) is 5.56 Å². The van der Waals surface area contributed by atoms with E-state index in [1.807, 2.05) is 0 Å². The van der Waals surface area contributed by atoms with Gasteiger partial charge in [-0.25, -0.2) is 0 Å². The summed E-state index contributed by atoms with van der Waals surface area (Å²) >= 11 is 0. The molecule has 0 aliphatic rings. The van der Waals surface area contributed by atoms with Gasteiger partial charge in [0.15, 0.2) is 11.8 Å². The molecule has 1 atom stereocenters. The minimum atomic E-state index is 0.179. The Balaban J connectivity index is 1.96. The van der Waals surface area contributed by atoms with Crippen molar-refractivity contribution in [1.82, 2.24) is 20.8 Å². The molecule has 25 heavy (non-hydrogen) atoms. The standard InChI is InChI=1S/C18H27N5O2/c1-6-13(3)24-16-9-12(2)7-8-15(16)10-20-18(19-5)21-11-17-22-14(4)23-25-17/h7-9,13H,6,10-11H2,1-5H3,(H2,19,20,21). The number of benzene rings is 1. The number of rotatable bonds is 7. The molecule has 1 aromatic carbocycles. The molecule has 2 aromatic rings. The summed E-state index contributed by atoms with van der Waals surface area (Å²) < 4.78 is 11.1. The van der Waals surface area contributed by atoms with Crippen molar-refractivity contribution < 1.29 is 9.26 Å². The van der Waals surface area contributed by atoms with Crippen LogP contribution in [0.15, 0.2) is 27.7 Å². The first kappa shape index (κ1) is 18.8. The van der Waals surface area contributed by atoms with Crippen LogP contribution in [0.2, 0.25) is 0 Å². The van der Waals surface area contributed by atoms with E-state index in [0.29, 0.717) is 30.8 Å². The monoisotopic (exact) mass is 345 g/mol. The maximum absolute atomic E-state index is 6.04. The zero-order valence-electron chi connectivity index (χ0n) is 15.6. The molecule has 1 heterocycles. The molecular weight excluding hydrogens is 318 g/mol. The first-order valence-corrected chi connectivity index (χ1v) is 8.51. The van der Waals surface area contributed by atoms with Crippen molar-refractivity contribution in [2.24, 2.45) is 4.99 Å². The topological polar surface area (TPSA) is 84.6 Å². The van der Waals surface area contributed by atoms with Crippen LogP contribution in [0.1, 0.15) is 43.1 Å². The lowest BCUT2D eigenvalue weighted by atomic mass is 10.1. The third-order valence-electron chi connectivity index (χ3n) is 3.77. The van der Waals surface area contributed by atoms with Crippen LogP contribution in [0.25, 0.3) is 0 Å². The maximum atomic E-state index is 6.04. The summed E-state index contributed by atoms with van der Waals surface area (Å²) in [6, 6.07) is 6.23. The Labute approximate surface area is 148 Å². The van der Waals surface area contributed by atoms with Crippen LogP contribution in [0.5, 0.6) is 5.75 Å². The van der Waals surface area contributed by atoms with Crippen molar-refractivity contribution in [3.8, 4) is 5.75 Å². The lowest BCUT2D eigenvalue weighted by Crippen LogP contribution is -2.36. The summed E-state index contributed by atoms with van der Waals surface area (Å²) in [4.78, 5) is 8.37. The highest BCUT2D eigenvalue weighted by Crippen LogP contribution is 2.22. The van der Waals surface area contributed by atoms with Gasteiger partial charge >= 0.3 is 0 Å². The molecule has 7 heteroatoms. The number of aromatic nitrogens is 2. The van der Waals surface area contributed by atoms with Crippen LogP contribution in [-0.2, 0) is 13.1 Å². The Morgan fingerprint density at radius 1 is 1.28 bits per heavy atom. The third-order valence-corrected chi connectivity index (χ3v) is 3.77. The summed E-state index contributed by atoms with van der Waals surface area (Å²) in [6.45, 7) is 9.07. The molecule has 1 unspecified atom stereocenters. The van der Waals surface area contributed by atoms with Crippen LogP contribution in [-0.4, -0.2) is 29.3 Å². The first-order chi connectivity index (χ1) is 12.0. The second kappa shape index (κ2) is 9.05. The number of hydrogen-bond acceptors (Lipinski definition) is 5. The number of ether oxygens (including phenoxy) is 1. The van der Waals surface area contributed by atoms with Crippen molar-refractivity contribution in [3.63, 3.8) is 0 Å². The van der Waals surface area contributed by atoms with Gasteiger partial charge in [-0.2, -0.15) is 4.98 Å². The highest BCUT2D eigenvalue weighted by Gasteiger charge is 2.09. The largest absolute Gasteiger partial charge is 0.490 e. The summed E-state index contributed by atoms with van der Waals surface area (Å²) in [5.74, 6) is 2.71. The van der Waals surface area contributed by atoms with Gasteiger partial charge in [0, 0.05) is 19.2 Å². The van der Waals surface area contributed by atoms with E-state index in [4.69, 9.17) is 9.26 Å². The van der Waals surface area contributed by atoms with Crippen molar-refractivity contribution in [2.75, 3.05) is 7.05 Å². The van der Waals surface area contributed by atoms with E-state index in [2.05, 4.69) is 64.7 Å². The van der Waals surface area contributed by atoms with Crippen LogP contribution in [0, 0.1) is 13.8 Å². The van der Waals surface area contributed by atoms with Gasteiger partial charge in [0.1, 0.15) is 5.75 Å². The molecular formula is C18H27N5O2. The Bertz CT molecular complexity index is 711. The zero-order chi connectivity index (χ0) is 18.2. The lowest BCUT2D eigenvalue weighted by Gasteiger charge is -2.18. The van der Waals surface area contributed by atoms with Gasteiger partial charge < -0.3 is 19.9 Å². The summed E-state index contributed by atoms with van der Waals surface area (Å²) in [5, 5.41) is 10.2. The number of guanidine groups is 1. The average molecular weight is 345 g/mol. The van der Waals surface area contributed by atoms with Gasteiger partial charge in [-0.1, -0.05) is 24.2 Å². The SMILES string of the molecule is CCC(C)Oc1cc(C)ccc1CNC(=NC)NCc1nc(C)no1. The molecule has 0 fully saturated rings. The van der Waals surface area contributed by atoms with Crippen LogP contribution in [0.3, 0.4) is 0 Å². The van der Waals surface area contributed by atoms with Crippen LogP contribution >= 0.6 is 0 Å². The second-order valence-electron chi connectivity index (χ2n) is 5.96. The van der Waals surface area contributed by atoms with E-state index >= 15 is 0 Å². The van der Waals surface area contributed by atoms with Crippen LogP contribution in [0.4, 0.5) is 0 Å². The lowest BCUT2D eigenvalue weighted by molar-refractivity contribution is 0.215. The smallest absolute Gasteiger partial charge is 0.246 e. The molecule has 0 aliphatic carbocycles. The molecule has 7 nitrogen and oxygen atoms in total. The van der Waals surface area contributed by atoms with E-state index in [0.717, 1.165) is 17.7 Å². The second-order valence-corrected chi connectivity index (χ2v) is 5.96. The zero-order valence-corrected chi connectivity index (χ0v) is 15.6. The highest BCUT2D eigenvalue weighted by atomic mass is 16.5. The first-order valence-electron chi connectivity index (χ1n) is 8.51. The van der Waals surface area contributed by atoms with Crippen LogP contribution < -0.4 is 15.4 Å². The number of nitrogens with one attached hydrogen (secondary N) is 2. The molecule has 2 N–H and O–H groups in total. The Kier molecular flexibility index (Phi) is 6.80. The van der Waals surface area contributed by atoms with Crippen molar-refractivity contribution >= 4 is 5.96 Å². The molecule has 2 rings (SSSR count). The van der Waals surface area contributed by atoms with Crippen molar-refractivity contribution in [1.29, 1.82) is 0 Å².